The lowest BCUT2D eigenvalue weighted by molar-refractivity contribution is -0.00269. The SMILES string of the molecule is Br.ON1CCN=C1Nc1c(Cl)cccc1Cl. The number of halogens is 3. The largest absolute Gasteiger partial charge is 0.322 e. The van der Waals surface area contributed by atoms with Crippen LogP contribution in [0.4, 0.5) is 5.69 Å². The van der Waals surface area contributed by atoms with Crippen molar-refractivity contribution in [3.8, 4) is 0 Å². The van der Waals surface area contributed by atoms with Crippen LogP contribution < -0.4 is 5.32 Å². The smallest absolute Gasteiger partial charge is 0.222 e. The van der Waals surface area contributed by atoms with Crippen molar-refractivity contribution < 1.29 is 5.21 Å². The number of para-hydroxylation sites is 1. The van der Waals surface area contributed by atoms with E-state index in [9.17, 15) is 5.21 Å². The summed E-state index contributed by atoms with van der Waals surface area (Å²) in [6.07, 6.45) is 0. The maximum atomic E-state index is 9.39. The van der Waals surface area contributed by atoms with Gasteiger partial charge in [-0.1, -0.05) is 29.3 Å². The lowest BCUT2D eigenvalue weighted by Gasteiger charge is -2.15. The van der Waals surface area contributed by atoms with Crippen molar-refractivity contribution in [3.63, 3.8) is 0 Å². The third-order valence-corrected chi connectivity index (χ3v) is 2.65. The molecule has 0 atom stereocenters. The highest BCUT2D eigenvalue weighted by Crippen LogP contribution is 2.30. The van der Waals surface area contributed by atoms with Gasteiger partial charge in [-0.2, -0.15) is 0 Å². The molecule has 1 aliphatic rings. The van der Waals surface area contributed by atoms with Gasteiger partial charge >= 0.3 is 0 Å². The quantitative estimate of drug-likeness (QED) is 0.834. The first-order valence-corrected chi connectivity index (χ1v) is 5.16. The molecule has 1 heterocycles. The highest BCUT2D eigenvalue weighted by atomic mass is 79.9. The van der Waals surface area contributed by atoms with Crippen LogP contribution in [-0.4, -0.2) is 29.3 Å². The number of hydroxylamine groups is 2. The van der Waals surface area contributed by atoms with Crippen molar-refractivity contribution >= 4 is 51.8 Å². The number of aliphatic imine (C=N–C) groups is 1. The zero-order valence-electron chi connectivity index (χ0n) is 8.15. The molecule has 0 aliphatic carbocycles. The van der Waals surface area contributed by atoms with E-state index in [1.165, 1.54) is 0 Å². The maximum absolute atomic E-state index is 9.39. The van der Waals surface area contributed by atoms with Gasteiger partial charge in [0.25, 0.3) is 0 Å². The van der Waals surface area contributed by atoms with Gasteiger partial charge in [-0.3, -0.25) is 5.21 Å². The molecule has 4 nitrogen and oxygen atoms in total. The Hall–Kier alpha value is -0.490. The number of guanidine groups is 1. The summed E-state index contributed by atoms with van der Waals surface area (Å²) in [5.41, 5.74) is 0.556. The molecule has 1 aromatic rings. The lowest BCUT2D eigenvalue weighted by Crippen LogP contribution is -2.29. The predicted molar refractivity (Wildman–Crippen MR) is 71.2 cm³/mol. The Labute approximate surface area is 114 Å². The number of hydrogen-bond acceptors (Lipinski definition) is 4. The highest BCUT2D eigenvalue weighted by Gasteiger charge is 2.16. The van der Waals surface area contributed by atoms with E-state index >= 15 is 0 Å². The van der Waals surface area contributed by atoms with Crippen molar-refractivity contribution in [2.45, 2.75) is 0 Å². The van der Waals surface area contributed by atoms with Gasteiger partial charge in [0.15, 0.2) is 0 Å². The molecule has 2 rings (SSSR count). The molecule has 0 saturated carbocycles. The summed E-state index contributed by atoms with van der Waals surface area (Å²) in [6.45, 7) is 1.03. The molecule has 0 spiro atoms. The molecule has 2 N–H and O–H groups in total. The normalized spacial score (nSPS) is 14.4. The summed E-state index contributed by atoms with van der Waals surface area (Å²) < 4.78 is 0. The van der Waals surface area contributed by atoms with E-state index in [0.29, 0.717) is 34.8 Å². The van der Waals surface area contributed by atoms with Gasteiger partial charge in [0.2, 0.25) is 5.96 Å². The molecule has 0 unspecified atom stereocenters. The summed E-state index contributed by atoms with van der Waals surface area (Å²) in [7, 11) is 0. The molecule has 88 valence electrons. The van der Waals surface area contributed by atoms with Gasteiger partial charge in [0, 0.05) is 0 Å². The van der Waals surface area contributed by atoms with Crippen molar-refractivity contribution in [1.82, 2.24) is 5.06 Å². The first-order chi connectivity index (χ1) is 7.18. The third kappa shape index (κ3) is 2.79. The summed E-state index contributed by atoms with van der Waals surface area (Å²) in [6, 6.07) is 5.18. The van der Waals surface area contributed by atoms with Crippen LogP contribution in [0.25, 0.3) is 0 Å². The van der Waals surface area contributed by atoms with Gasteiger partial charge in [-0.15, -0.1) is 17.0 Å². The fourth-order valence-electron chi connectivity index (χ4n) is 1.27. The molecule has 0 aromatic heterocycles. The number of benzene rings is 1. The van der Waals surface area contributed by atoms with Crippen LogP contribution >= 0.6 is 40.2 Å². The minimum Gasteiger partial charge on any atom is -0.322 e. The van der Waals surface area contributed by atoms with E-state index in [-0.39, 0.29) is 17.0 Å². The van der Waals surface area contributed by atoms with Crippen LogP contribution in [0, 0.1) is 0 Å². The summed E-state index contributed by atoms with van der Waals surface area (Å²) >= 11 is 11.9. The maximum Gasteiger partial charge on any atom is 0.222 e. The first kappa shape index (κ1) is 13.6. The lowest BCUT2D eigenvalue weighted by atomic mass is 10.3. The van der Waals surface area contributed by atoms with Gasteiger partial charge in [0.1, 0.15) is 0 Å². The molecule has 0 saturated heterocycles. The number of nitrogens with one attached hydrogen (secondary N) is 1. The molecule has 0 amide bonds. The van der Waals surface area contributed by atoms with Crippen LogP contribution in [0.2, 0.25) is 10.0 Å². The van der Waals surface area contributed by atoms with E-state index in [1.54, 1.807) is 18.2 Å². The van der Waals surface area contributed by atoms with Gasteiger partial charge in [0.05, 0.1) is 28.8 Å². The Morgan fingerprint density at radius 2 is 1.94 bits per heavy atom. The van der Waals surface area contributed by atoms with Gasteiger partial charge < -0.3 is 5.32 Å². The monoisotopic (exact) mass is 325 g/mol. The summed E-state index contributed by atoms with van der Waals surface area (Å²) in [5.74, 6) is 0.366. The minimum absolute atomic E-state index is 0. The van der Waals surface area contributed by atoms with E-state index < -0.39 is 0 Å². The predicted octanol–water partition coefficient (Wildman–Crippen LogP) is 3.04. The molecular weight excluding hydrogens is 317 g/mol. The zero-order chi connectivity index (χ0) is 10.8. The fourth-order valence-corrected chi connectivity index (χ4v) is 1.76. The molecule has 7 heteroatoms. The van der Waals surface area contributed by atoms with Crippen molar-refractivity contribution in [2.75, 3.05) is 18.4 Å². The third-order valence-electron chi connectivity index (χ3n) is 2.02. The van der Waals surface area contributed by atoms with Crippen LogP contribution in [-0.2, 0) is 0 Å². The average molecular weight is 327 g/mol. The van der Waals surface area contributed by atoms with Crippen molar-refractivity contribution in [1.29, 1.82) is 0 Å². The van der Waals surface area contributed by atoms with Crippen molar-refractivity contribution in [2.24, 2.45) is 4.99 Å². The number of hydrogen-bond donors (Lipinski definition) is 2. The Bertz CT molecular complexity index is 393. The van der Waals surface area contributed by atoms with Gasteiger partial charge in [-0.25, -0.2) is 10.1 Å². The van der Waals surface area contributed by atoms with Crippen LogP contribution in [0.15, 0.2) is 23.2 Å². The Balaban J connectivity index is 0.00000128. The molecule has 0 fully saturated rings. The highest BCUT2D eigenvalue weighted by molar-refractivity contribution is 8.93. The Morgan fingerprint density at radius 3 is 2.44 bits per heavy atom. The van der Waals surface area contributed by atoms with Crippen LogP contribution in [0.3, 0.4) is 0 Å². The number of anilines is 1. The molecular formula is C9H10BrCl2N3O. The average Bonchev–Trinajstić information content (AvgIpc) is 2.58. The number of rotatable bonds is 1. The second-order valence-electron chi connectivity index (χ2n) is 3.05. The van der Waals surface area contributed by atoms with Crippen molar-refractivity contribution in [3.05, 3.63) is 28.2 Å². The Kier molecular flexibility index (Phi) is 4.86. The topological polar surface area (TPSA) is 47.9 Å². The second-order valence-corrected chi connectivity index (χ2v) is 3.86. The van der Waals surface area contributed by atoms with Crippen LogP contribution in [0.5, 0.6) is 0 Å². The Morgan fingerprint density at radius 1 is 1.31 bits per heavy atom. The summed E-state index contributed by atoms with van der Waals surface area (Å²) in [4.78, 5) is 4.06. The van der Waals surface area contributed by atoms with Gasteiger partial charge in [-0.05, 0) is 12.1 Å². The van der Waals surface area contributed by atoms with E-state index in [0.717, 1.165) is 5.06 Å². The first-order valence-electron chi connectivity index (χ1n) is 4.40. The molecule has 16 heavy (non-hydrogen) atoms. The van der Waals surface area contributed by atoms with Crippen LogP contribution in [0.1, 0.15) is 0 Å². The number of nitrogens with zero attached hydrogens (tertiary/aromatic N) is 2. The molecule has 0 bridgehead atoms. The standard InChI is InChI=1S/C9H9Cl2N3O.BrH/c10-6-2-1-3-7(11)8(6)13-9-12-4-5-14(9)15;/h1-3,15H,4-5H2,(H,12,13);1H. The minimum atomic E-state index is 0. The molecule has 1 aromatic carbocycles. The van der Waals surface area contributed by atoms with E-state index in [2.05, 4.69) is 10.3 Å². The van der Waals surface area contributed by atoms with E-state index in [4.69, 9.17) is 23.2 Å². The fraction of sp³-hybridized carbons (Fsp3) is 0.222. The summed E-state index contributed by atoms with van der Waals surface area (Å²) in [5, 5.41) is 14.3. The zero-order valence-corrected chi connectivity index (χ0v) is 11.4. The van der Waals surface area contributed by atoms with E-state index in [1.807, 2.05) is 0 Å². The molecule has 1 aliphatic heterocycles. The molecule has 0 radical (unpaired) electrons. The second kappa shape index (κ2) is 5.72.